The molecule has 0 aromatic carbocycles. The highest BCUT2D eigenvalue weighted by Crippen LogP contribution is 2.31. The lowest BCUT2D eigenvalue weighted by molar-refractivity contribution is -0.125. The van der Waals surface area contributed by atoms with Crippen LogP contribution in [0, 0.1) is 5.92 Å². The van der Waals surface area contributed by atoms with Gasteiger partial charge in [0.1, 0.15) is 0 Å². The summed E-state index contributed by atoms with van der Waals surface area (Å²) >= 11 is 0. The van der Waals surface area contributed by atoms with Crippen LogP contribution in [-0.2, 0) is 4.79 Å². The number of carbonyl (C=O) groups is 1. The maximum Gasteiger partial charge on any atom is 0.220 e. The van der Waals surface area contributed by atoms with Crippen molar-refractivity contribution in [3.63, 3.8) is 0 Å². The van der Waals surface area contributed by atoms with Gasteiger partial charge in [-0.1, -0.05) is 13.8 Å². The molecule has 2 N–H and O–H groups in total. The van der Waals surface area contributed by atoms with E-state index < -0.39 is 0 Å². The van der Waals surface area contributed by atoms with Gasteiger partial charge in [-0.05, 0) is 31.6 Å². The van der Waals surface area contributed by atoms with Crippen LogP contribution in [0.25, 0.3) is 0 Å². The van der Waals surface area contributed by atoms with Crippen molar-refractivity contribution in [3.8, 4) is 0 Å². The van der Waals surface area contributed by atoms with Crippen LogP contribution in [0.5, 0.6) is 0 Å². The molecule has 0 unspecified atom stereocenters. The van der Waals surface area contributed by atoms with Gasteiger partial charge in [0.2, 0.25) is 5.91 Å². The largest absolute Gasteiger partial charge is 0.394 e. The molecule has 1 aliphatic carbocycles. The van der Waals surface area contributed by atoms with Crippen molar-refractivity contribution in [2.24, 2.45) is 5.92 Å². The van der Waals surface area contributed by atoms with Crippen LogP contribution < -0.4 is 5.32 Å². The second-order valence-corrected chi connectivity index (χ2v) is 4.77. The fraction of sp³-hybridized carbons (Fsp3) is 0.909. The van der Waals surface area contributed by atoms with E-state index in [2.05, 4.69) is 19.2 Å². The number of amides is 1. The van der Waals surface area contributed by atoms with Gasteiger partial charge in [0.25, 0.3) is 0 Å². The van der Waals surface area contributed by atoms with E-state index in [1.54, 1.807) is 0 Å². The van der Waals surface area contributed by atoms with Crippen LogP contribution >= 0.6 is 0 Å². The average Bonchev–Trinajstić information content (AvgIpc) is 2.08. The molecule has 0 aromatic heterocycles. The predicted molar refractivity (Wildman–Crippen MR) is 55.9 cm³/mol. The Hall–Kier alpha value is -0.570. The Balaban J connectivity index is 2.25. The highest BCUT2D eigenvalue weighted by Gasteiger charge is 2.37. The van der Waals surface area contributed by atoms with Gasteiger partial charge >= 0.3 is 0 Å². The maximum absolute atomic E-state index is 11.5. The van der Waals surface area contributed by atoms with Crippen LogP contribution in [0.1, 0.15) is 46.0 Å². The molecular weight excluding hydrogens is 178 g/mol. The number of hydrogen-bond acceptors (Lipinski definition) is 2. The van der Waals surface area contributed by atoms with Gasteiger partial charge in [-0.25, -0.2) is 0 Å². The molecule has 0 aliphatic heterocycles. The third kappa shape index (κ3) is 2.98. The van der Waals surface area contributed by atoms with Crippen LogP contribution in [0.3, 0.4) is 0 Å². The number of aliphatic hydroxyl groups excluding tert-OH is 1. The molecule has 0 atom stereocenters. The molecule has 0 heterocycles. The van der Waals surface area contributed by atoms with E-state index in [-0.39, 0.29) is 18.1 Å². The molecule has 82 valence electrons. The smallest absolute Gasteiger partial charge is 0.220 e. The summed E-state index contributed by atoms with van der Waals surface area (Å²) < 4.78 is 0. The van der Waals surface area contributed by atoms with Gasteiger partial charge in [0.05, 0.1) is 12.1 Å². The van der Waals surface area contributed by atoms with Crippen molar-refractivity contribution in [2.75, 3.05) is 6.61 Å². The minimum absolute atomic E-state index is 0.0837. The van der Waals surface area contributed by atoms with E-state index in [4.69, 9.17) is 5.11 Å². The molecule has 3 heteroatoms. The van der Waals surface area contributed by atoms with Crippen molar-refractivity contribution in [1.82, 2.24) is 5.32 Å². The van der Waals surface area contributed by atoms with E-state index >= 15 is 0 Å². The lowest BCUT2D eigenvalue weighted by Crippen LogP contribution is -2.56. The Bertz CT molecular complexity index is 192. The molecule has 0 spiro atoms. The zero-order valence-corrected chi connectivity index (χ0v) is 9.18. The molecule has 1 rings (SSSR count). The Morgan fingerprint density at radius 1 is 1.50 bits per heavy atom. The normalized spacial score (nSPS) is 19.1. The topological polar surface area (TPSA) is 49.3 Å². The third-order valence-corrected chi connectivity index (χ3v) is 2.97. The highest BCUT2D eigenvalue weighted by molar-refractivity contribution is 5.76. The summed E-state index contributed by atoms with van der Waals surface area (Å²) in [5.41, 5.74) is -0.270. The Morgan fingerprint density at radius 3 is 2.50 bits per heavy atom. The first-order chi connectivity index (χ1) is 6.58. The summed E-state index contributed by atoms with van der Waals surface area (Å²) in [6.07, 6.45) is 4.48. The number of nitrogens with one attached hydrogen (secondary N) is 1. The Kier molecular flexibility index (Phi) is 3.93. The molecule has 0 bridgehead atoms. The van der Waals surface area contributed by atoms with Gasteiger partial charge in [0, 0.05) is 6.42 Å². The highest BCUT2D eigenvalue weighted by atomic mass is 16.3. The predicted octanol–water partition coefficient (Wildman–Crippen LogP) is 1.45. The van der Waals surface area contributed by atoms with E-state index in [9.17, 15) is 4.79 Å². The van der Waals surface area contributed by atoms with Crippen molar-refractivity contribution in [1.29, 1.82) is 0 Å². The Labute approximate surface area is 85.9 Å². The average molecular weight is 199 g/mol. The van der Waals surface area contributed by atoms with Gasteiger partial charge in [-0.3, -0.25) is 4.79 Å². The van der Waals surface area contributed by atoms with E-state index in [1.165, 1.54) is 0 Å². The quantitative estimate of drug-likeness (QED) is 0.704. The summed E-state index contributed by atoms with van der Waals surface area (Å²) in [5, 5.41) is 12.1. The zero-order valence-electron chi connectivity index (χ0n) is 9.18. The molecule has 0 radical (unpaired) electrons. The standard InChI is InChI=1S/C11H21NO2/c1-9(2)4-5-10(14)12-11(8-13)6-3-7-11/h9,13H,3-8H2,1-2H3,(H,12,14). The number of aliphatic hydroxyl groups is 1. The van der Waals surface area contributed by atoms with Crippen LogP contribution in [-0.4, -0.2) is 23.2 Å². The minimum atomic E-state index is -0.270. The summed E-state index contributed by atoms with van der Waals surface area (Å²) in [5.74, 6) is 0.652. The molecule has 0 saturated heterocycles. The van der Waals surface area contributed by atoms with Crippen molar-refractivity contribution < 1.29 is 9.90 Å². The molecule has 14 heavy (non-hydrogen) atoms. The van der Waals surface area contributed by atoms with Crippen molar-refractivity contribution in [2.45, 2.75) is 51.5 Å². The maximum atomic E-state index is 11.5. The SMILES string of the molecule is CC(C)CCC(=O)NC1(CO)CCC1. The van der Waals surface area contributed by atoms with Crippen LogP contribution in [0.15, 0.2) is 0 Å². The summed E-state index contributed by atoms with van der Waals surface area (Å²) in [4.78, 5) is 11.5. The molecule has 1 fully saturated rings. The first-order valence-corrected chi connectivity index (χ1v) is 5.50. The molecule has 1 aliphatic rings. The lowest BCUT2D eigenvalue weighted by atomic mass is 9.77. The number of carbonyl (C=O) groups excluding carboxylic acids is 1. The molecule has 1 amide bonds. The summed E-state index contributed by atoms with van der Waals surface area (Å²) in [6, 6.07) is 0. The summed E-state index contributed by atoms with van der Waals surface area (Å²) in [6.45, 7) is 4.30. The molecule has 0 aromatic rings. The second kappa shape index (κ2) is 4.78. The molecule has 1 saturated carbocycles. The minimum Gasteiger partial charge on any atom is -0.394 e. The first kappa shape index (κ1) is 11.5. The van der Waals surface area contributed by atoms with Crippen molar-refractivity contribution in [3.05, 3.63) is 0 Å². The van der Waals surface area contributed by atoms with Gasteiger partial charge in [-0.2, -0.15) is 0 Å². The first-order valence-electron chi connectivity index (χ1n) is 5.50. The van der Waals surface area contributed by atoms with Crippen molar-refractivity contribution >= 4 is 5.91 Å². The van der Waals surface area contributed by atoms with E-state index in [1.807, 2.05) is 0 Å². The fourth-order valence-electron chi connectivity index (χ4n) is 1.70. The summed E-state index contributed by atoms with van der Waals surface area (Å²) in [7, 11) is 0. The monoisotopic (exact) mass is 199 g/mol. The van der Waals surface area contributed by atoms with E-state index in [0.29, 0.717) is 12.3 Å². The van der Waals surface area contributed by atoms with Crippen LogP contribution in [0.2, 0.25) is 0 Å². The fourth-order valence-corrected chi connectivity index (χ4v) is 1.70. The van der Waals surface area contributed by atoms with Gasteiger partial charge in [0.15, 0.2) is 0 Å². The zero-order chi connectivity index (χ0) is 10.6. The van der Waals surface area contributed by atoms with Crippen LogP contribution in [0.4, 0.5) is 0 Å². The number of rotatable bonds is 5. The van der Waals surface area contributed by atoms with E-state index in [0.717, 1.165) is 25.7 Å². The second-order valence-electron chi connectivity index (χ2n) is 4.77. The lowest BCUT2D eigenvalue weighted by Gasteiger charge is -2.41. The molecule has 3 nitrogen and oxygen atoms in total. The molecular formula is C11H21NO2. The Morgan fingerprint density at radius 2 is 2.14 bits per heavy atom. The third-order valence-electron chi connectivity index (χ3n) is 2.97. The van der Waals surface area contributed by atoms with Gasteiger partial charge < -0.3 is 10.4 Å². The van der Waals surface area contributed by atoms with Gasteiger partial charge in [-0.15, -0.1) is 0 Å². The number of hydrogen-bond donors (Lipinski definition) is 2.